The number of methoxy groups -OCH3 is 1. The zero-order valence-electron chi connectivity index (χ0n) is 5.63. The van der Waals surface area contributed by atoms with Crippen LogP contribution in [0.5, 0.6) is 0 Å². The lowest BCUT2D eigenvalue weighted by Gasteiger charge is -2.03. The van der Waals surface area contributed by atoms with Crippen LogP contribution in [0, 0.1) is 5.92 Å². The minimum atomic E-state index is -0.534. The molecule has 0 aliphatic carbocycles. The standard InChI is InChI=1S/C6H12O2S/c1-8-4-6-2-3-9(7)5-6/h6H,2-5H2,1H3/t6?,9-/m1/s1. The third-order valence-corrected chi connectivity index (χ3v) is 3.11. The molecule has 1 fully saturated rings. The smallest absolute Gasteiger partial charge is 0.110 e. The summed E-state index contributed by atoms with van der Waals surface area (Å²) in [6.45, 7) is 0.783. The molecule has 0 N–H and O–H groups in total. The molecule has 0 aromatic rings. The van der Waals surface area contributed by atoms with E-state index in [-0.39, 0.29) is 0 Å². The quantitative estimate of drug-likeness (QED) is 0.531. The molecule has 0 spiro atoms. The van der Waals surface area contributed by atoms with Crippen LogP contribution in [0.15, 0.2) is 0 Å². The van der Waals surface area contributed by atoms with Gasteiger partial charge in [-0.15, -0.1) is 0 Å². The molecular formula is C6H12O2S. The molecule has 54 valence electrons. The summed E-state index contributed by atoms with van der Waals surface area (Å²) in [7, 11) is 1.70. The molecule has 3 heteroatoms. The van der Waals surface area contributed by atoms with Crippen molar-refractivity contribution in [1.82, 2.24) is 0 Å². The van der Waals surface area contributed by atoms with Crippen LogP contribution in [0.4, 0.5) is 0 Å². The fraction of sp³-hybridized carbons (Fsp3) is 1.00. The van der Waals surface area contributed by atoms with Gasteiger partial charge in [0, 0.05) is 19.4 Å². The van der Waals surface area contributed by atoms with Crippen LogP contribution in [0.1, 0.15) is 6.42 Å². The van der Waals surface area contributed by atoms with Crippen molar-refractivity contribution >= 4 is 11.2 Å². The molecule has 0 saturated carbocycles. The molecule has 0 aromatic heterocycles. The van der Waals surface area contributed by atoms with Crippen LogP contribution >= 0.6 is 0 Å². The maximum absolute atomic E-state index is 10.8. The van der Waals surface area contributed by atoms with Crippen LogP contribution in [-0.4, -0.2) is 29.8 Å². The van der Waals surface area contributed by atoms with Gasteiger partial charge in [-0.25, -0.2) is 0 Å². The Bertz CT molecular complexity index is 85.1. The maximum Gasteiger partial charge on any atom is 0.110 e. The van der Waals surface area contributed by atoms with E-state index in [1.54, 1.807) is 7.11 Å². The first kappa shape index (κ1) is 7.38. The van der Waals surface area contributed by atoms with Gasteiger partial charge in [0.05, 0.1) is 6.61 Å². The molecule has 0 bridgehead atoms. The van der Waals surface area contributed by atoms with Gasteiger partial charge >= 0.3 is 0 Å². The second-order valence-electron chi connectivity index (χ2n) is 2.42. The molecule has 1 unspecified atom stereocenters. The molecule has 1 saturated heterocycles. The minimum Gasteiger partial charge on any atom is -0.616 e. The van der Waals surface area contributed by atoms with E-state index in [2.05, 4.69) is 0 Å². The van der Waals surface area contributed by atoms with Gasteiger partial charge in [0.15, 0.2) is 0 Å². The lowest BCUT2D eigenvalue weighted by Crippen LogP contribution is -2.09. The molecule has 2 atom stereocenters. The van der Waals surface area contributed by atoms with E-state index in [9.17, 15) is 4.55 Å². The molecule has 2 nitrogen and oxygen atoms in total. The van der Waals surface area contributed by atoms with Crippen LogP contribution in [-0.2, 0) is 15.9 Å². The Morgan fingerprint density at radius 1 is 1.78 bits per heavy atom. The first-order chi connectivity index (χ1) is 4.33. The van der Waals surface area contributed by atoms with E-state index in [0.29, 0.717) is 5.92 Å². The summed E-state index contributed by atoms with van der Waals surface area (Å²) in [5, 5.41) is 0. The summed E-state index contributed by atoms with van der Waals surface area (Å²) in [6.07, 6.45) is 1.08. The van der Waals surface area contributed by atoms with E-state index in [4.69, 9.17) is 4.74 Å². The monoisotopic (exact) mass is 148 g/mol. The van der Waals surface area contributed by atoms with Crippen LogP contribution in [0.2, 0.25) is 0 Å². The van der Waals surface area contributed by atoms with E-state index < -0.39 is 11.2 Å². The predicted octanol–water partition coefficient (Wildman–Crippen LogP) is 0.401. The number of hydrogen-bond acceptors (Lipinski definition) is 2. The van der Waals surface area contributed by atoms with Crippen molar-refractivity contribution in [2.75, 3.05) is 25.2 Å². The molecular weight excluding hydrogens is 136 g/mol. The molecule has 1 aliphatic rings. The third kappa shape index (κ3) is 2.16. The van der Waals surface area contributed by atoms with Crippen LogP contribution in [0.25, 0.3) is 0 Å². The topological polar surface area (TPSA) is 32.3 Å². The van der Waals surface area contributed by atoms with Crippen molar-refractivity contribution in [2.24, 2.45) is 5.92 Å². The van der Waals surface area contributed by atoms with Gasteiger partial charge in [0.2, 0.25) is 0 Å². The Hall–Kier alpha value is 0.270. The van der Waals surface area contributed by atoms with Crippen molar-refractivity contribution in [1.29, 1.82) is 0 Å². The van der Waals surface area contributed by atoms with Gasteiger partial charge in [0.1, 0.15) is 11.5 Å². The molecule has 0 radical (unpaired) electrons. The third-order valence-electron chi connectivity index (χ3n) is 1.58. The van der Waals surface area contributed by atoms with Crippen LogP contribution < -0.4 is 0 Å². The first-order valence-electron chi connectivity index (χ1n) is 3.17. The zero-order chi connectivity index (χ0) is 6.69. The van der Waals surface area contributed by atoms with Crippen molar-refractivity contribution in [3.8, 4) is 0 Å². The Morgan fingerprint density at radius 2 is 2.56 bits per heavy atom. The molecule has 1 aliphatic heterocycles. The minimum absolute atomic E-state index is 0.534. The fourth-order valence-electron chi connectivity index (χ4n) is 1.09. The summed E-state index contributed by atoms with van der Waals surface area (Å²) in [6, 6.07) is 0. The molecule has 0 amide bonds. The second-order valence-corrected chi connectivity index (χ2v) is 4.04. The lowest BCUT2D eigenvalue weighted by atomic mass is 10.1. The Kier molecular flexibility index (Phi) is 2.82. The summed E-state index contributed by atoms with van der Waals surface area (Å²) in [5.74, 6) is 2.30. The highest BCUT2D eigenvalue weighted by Crippen LogP contribution is 2.17. The molecule has 9 heavy (non-hydrogen) atoms. The van der Waals surface area contributed by atoms with Crippen LogP contribution in [0.3, 0.4) is 0 Å². The predicted molar refractivity (Wildman–Crippen MR) is 37.9 cm³/mol. The molecule has 1 heterocycles. The van der Waals surface area contributed by atoms with E-state index in [1.165, 1.54) is 0 Å². The fourth-order valence-corrected chi connectivity index (χ4v) is 2.65. The van der Waals surface area contributed by atoms with Gasteiger partial charge in [-0.05, 0) is 0 Å². The highest BCUT2D eigenvalue weighted by molar-refractivity contribution is 7.91. The Labute approximate surface area is 58.8 Å². The van der Waals surface area contributed by atoms with E-state index in [1.807, 2.05) is 0 Å². The number of hydrogen-bond donors (Lipinski definition) is 0. The van der Waals surface area contributed by atoms with Crippen molar-refractivity contribution < 1.29 is 9.29 Å². The zero-order valence-corrected chi connectivity index (χ0v) is 6.45. The van der Waals surface area contributed by atoms with Crippen molar-refractivity contribution in [2.45, 2.75) is 6.42 Å². The average Bonchev–Trinajstić information content (AvgIpc) is 2.17. The van der Waals surface area contributed by atoms with Gasteiger partial charge in [-0.1, -0.05) is 11.2 Å². The van der Waals surface area contributed by atoms with Gasteiger partial charge < -0.3 is 9.29 Å². The van der Waals surface area contributed by atoms with Gasteiger partial charge in [-0.3, -0.25) is 0 Å². The molecule has 1 rings (SSSR count). The number of ether oxygens (including phenoxy) is 1. The highest BCUT2D eigenvalue weighted by atomic mass is 32.2. The Balaban J connectivity index is 2.14. The number of rotatable bonds is 2. The summed E-state index contributed by atoms with van der Waals surface area (Å²) in [4.78, 5) is 0. The first-order valence-corrected chi connectivity index (χ1v) is 4.65. The van der Waals surface area contributed by atoms with E-state index in [0.717, 1.165) is 24.5 Å². The van der Waals surface area contributed by atoms with Gasteiger partial charge in [0.25, 0.3) is 0 Å². The molecule has 0 aromatic carbocycles. The summed E-state index contributed by atoms with van der Waals surface area (Å²) < 4.78 is 15.7. The highest BCUT2D eigenvalue weighted by Gasteiger charge is 2.25. The largest absolute Gasteiger partial charge is 0.616 e. The second kappa shape index (κ2) is 3.44. The average molecular weight is 148 g/mol. The van der Waals surface area contributed by atoms with Crippen molar-refractivity contribution in [3.05, 3.63) is 0 Å². The summed E-state index contributed by atoms with van der Waals surface area (Å²) in [5.41, 5.74) is 0. The maximum atomic E-state index is 10.8. The van der Waals surface area contributed by atoms with E-state index >= 15 is 0 Å². The summed E-state index contributed by atoms with van der Waals surface area (Å²) >= 11 is -0.534. The van der Waals surface area contributed by atoms with Gasteiger partial charge in [-0.2, -0.15) is 0 Å². The van der Waals surface area contributed by atoms with Crippen molar-refractivity contribution in [3.63, 3.8) is 0 Å². The normalized spacial score (nSPS) is 35.3. The lowest BCUT2D eigenvalue weighted by molar-refractivity contribution is 0.162. The SMILES string of the molecule is COCC1CC[S@@+]([O-])C1. The Morgan fingerprint density at radius 3 is 3.00 bits per heavy atom.